The van der Waals surface area contributed by atoms with Gasteiger partial charge in [-0.2, -0.15) is 0 Å². The zero-order chi connectivity index (χ0) is 42.7. The van der Waals surface area contributed by atoms with Crippen LogP contribution < -0.4 is 31.9 Å². The van der Waals surface area contributed by atoms with Crippen LogP contribution in [0.4, 0.5) is 0 Å². The fraction of sp³-hybridized carbons (Fsp3) is 0.676. The summed E-state index contributed by atoms with van der Waals surface area (Å²) in [6.07, 6.45) is 1.41. The van der Waals surface area contributed by atoms with Crippen LogP contribution in [0.15, 0.2) is 12.7 Å². The van der Waals surface area contributed by atoms with Crippen molar-refractivity contribution < 1.29 is 58.2 Å². The number of carboxylic acid groups (broad SMARTS) is 2. The molecule has 0 spiro atoms. The summed E-state index contributed by atoms with van der Waals surface area (Å²) in [6.45, 7) is 13.4. The first-order chi connectivity index (χ1) is 26.3. The molecule has 1 aliphatic rings. The van der Waals surface area contributed by atoms with Gasteiger partial charge in [0.25, 0.3) is 5.91 Å². The molecule has 0 aliphatic carbocycles. The normalized spacial score (nSPS) is 16.8. The van der Waals surface area contributed by atoms with Crippen molar-refractivity contribution in [2.24, 2.45) is 11.8 Å². The summed E-state index contributed by atoms with van der Waals surface area (Å²) in [7, 11) is 0. The molecular formula is C37H59N7O12. The first-order valence-electron chi connectivity index (χ1n) is 18.9. The molecule has 8 N–H and O–H groups in total. The van der Waals surface area contributed by atoms with E-state index in [2.05, 4.69) is 38.5 Å². The number of likely N-dealkylation sites (tertiary alicyclic amines) is 1. The lowest BCUT2D eigenvalue weighted by atomic mass is 9.95. The molecule has 7 amide bonds. The lowest BCUT2D eigenvalue weighted by Crippen LogP contribution is -2.61. The van der Waals surface area contributed by atoms with Gasteiger partial charge in [-0.25, -0.2) is 0 Å². The van der Waals surface area contributed by atoms with Crippen molar-refractivity contribution in [3.8, 4) is 0 Å². The topological polar surface area (TPSA) is 287 Å². The lowest BCUT2D eigenvalue weighted by molar-refractivity contribution is -0.144. The van der Waals surface area contributed by atoms with Crippen LogP contribution in [0.1, 0.15) is 99.3 Å². The van der Waals surface area contributed by atoms with Crippen LogP contribution in [0, 0.1) is 11.8 Å². The predicted molar refractivity (Wildman–Crippen MR) is 201 cm³/mol. The Morgan fingerprint density at radius 2 is 1.30 bits per heavy atom. The van der Waals surface area contributed by atoms with Crippen LogP contribution in [0.25, 0.3) is 0 Å². The minimum Gasteiger partial charge on any atom is -0.481 e. The maximum Gasteiger partial charge on any atom is 0.303 e. The second-order valence-electron chi connectivity index (χ2n) is 14.2. The van der Waals surface area contributed by atoms with E-state index in [1.807, 2.05) is 0 Å². The predicted octanol–water partition coefficient (Wildman–Crippen LogP) is -0.476. The second kappa shape index (κ2) is 24.2. The number of rotatable bonds is 25. The molecule has 0 saturated carbocycles. The summed E-state index contributed by atoms with van der Waals surface area (Å²) in [6, 6.07) is -7.44. The van der Waals surface area contributed by atoms with Crippen LogP contribution in [0.2, 0.25) is 0 Å². The van der Waals surface area contributed by atoms with E-state index < -0.39 is 126 Å². The van der Waals surface area contributed by atoms with Crippen molar-refractivity contribution >= 4 is 59.1 Å². The van der Waals surface area contributed by atoms with E-state index in [0.29, 0.717) is 19.3 Å². The summed E-state index contributed by atoms with van der Waals surface area (Å²) in [5.74, 6) is -9.78. The highest BCUT2D eigenvalue weighted by atomic mass is 16.4. The van der Waals surface area contributed by atoms with Crippen LogP contribution in [-0.4, -0.2) is 124 Å². The van der Waals surface area contributed by atoms with Gasteiger partial charge in [0.2, 0.25) is 41.2 Å². The summed E-state index contributed by atoms with van der Waals surface area (Å²) in [4.78, 5) is 129. The van der Waals surface area contributed by atoms with E-state index in [-0.39, 0.29) is 32.4 Å². The van der Waals surface area contributed by atoms with Gasteiger partial charge < -0.3 is 47.0 Å². The average Bonchev–Trinajstić information content (AvgIpc) is 3.63. The number of nitrogens with zero attached hydrogens (tertiary/aromatic N) is 1. The molecular weight excluding hydrogens is 734 g/mol. The molecule has 7 atom stereocenters. The van der Waals surface area contributed by atoms with Crippen molar-refractivity contribution in [3.63, 3.8) is 0 Å². The van der Waals surface area contributed by atoms with E-state index in [1.165, 1.54) is 11.0 Å². The second-order valence-corrected chi connectivity index (χ2v) is 14.2. The lowest BCUT2D eigenvalue weighted by Gasteiger charge is -2.33. The zero-order valence-corrected chi connectivity index (χ0v) is 33.1. The Morgan fingerprint density at radius 3 is 1.80 bits per heavy atom. The number of hydrogen-bond donors (Lipinski definition) is 8. The van der Waals surface area contributed by atoms with Gasteiger partial charge >= 0.3 is 11.9 Å². The Morgan fingerprint density at radius 1 is 0.750 bits per heavy atom. The largest absolute Gasteiger partial charge is 0.481 e. The average molecular weight is 794 g/mol. The number of hydrogen-bond acceptors (Lipinski definition) is 10. The van der Waals surface area contributed by atoms with Gasteiger partial charge in [0.15, 0.2) is 0 Å². The number of carbonyl (C=O) groups is 10. The highest BCUT2D eigenvalue weighted by molar-refractivity contribution is 6.38. The van der Waals surface area contributed by atoms with Gasteiger partial charge in [-0.15, -0.1) is 6.58 Å². The summed E-state index contributed by atoms with van der Waals surface area (Å²) in [5, 5.41) is 33.3. The number of nitrogens with one attached hydrogen (secondary N) is 6. The van der Waals surface area contributed by atoms with Crippen molar-refractivity contribution in [2.45, 2.75) is 136 Å². The molecule has 314 valence electrons. The smallest absolute Gasteiger partial charge is 0.303 e. The molecule has 0 aromatic rings. The number of amides is 7. The third kappa shape index (κ3) is 15.8. The number of aliphatic carboxylic acids is 2. The Hall–Kier alpha value is -5.36. The van der Waals surface area contributed by atoms with Gasteiger partial charge in [0, 0.05) is 32.9 Å². The third-order valence-electron chi connectivity index (χ3n) is 9.32. The van der Waals surface area contributed by atoms with Crippen molar-refractivity contribution in [3.05, 3.63) is 12.7 Å². The molecule has 0 bridgehead atoms. The van der Waals surface area contributed by atoms with Gasteiger partial charge in [-0.05, 0) is 43.9 Å². The molecule has 0 aromatic heterocycles. The monoisotopic (exact) mass is 793 g/mol. The first kappa shape index (κ1) is 48.7. The van der Waals surface area contributed by atoms with Gasteiger partial charge in [0.05, 0.1) is 6.04 Å². The summed E-state index contributed by atoms with van der Waals surface area (Å²) in [5.41, 5.74) is 0. The Labute approximate surface area is 326 Å². The molecule has 1 rings (SSSR count). The minimum absolute atomic E-state index is 0.0603. The van der Waals surface area contributed by atoms with Gasteiger partial charge in [-0.3, -0.25) is 47.9 Å². The molecule has 1 unspecified atom stereocenters. The molecule has 19 nitrogen and oxygen atoms in total. The van der Waals surface area contributed by atoms with E-state index in [9.17, 15) is 53.1 Å². The van der Waals surface area contributed by atoms with Crippen LogP contribution in [0.5, 0.6) is 0 Å². The van der Waals surface area contributed by atoms with E-state index in [0.717, 1.165) is 6.92 Å². The standard InChI is InChI=1S/C37H59N7O12/c1-8-12-23(31(50)36(55)38-18-9-2)40-34(53)26-13-11-19-44(26)37(56)30(21(6)10-3)43-35(54)29(20(4)5)42-33(52)25(15-17-28(48)49)41-32(51)24(39-22(7)45)14-16-27(46)47/h9,20-21,23-26,29-30H,2,8,10-19H2,1,3-7H3,(H,38,55)(H,39,45)(H,40,53)(H,41,51)(H,42,52)(H,43,54)(H,46,47)(H,48,49)/t21?,23-,24-,25-,26-,29-,30-/m0/s1. The van der Waals surface area contributed by atoms with E-state index >= 15 is 0 Å². The first-order valence-corrected chi connectivity index (χ1v) is 18.9. The van der Waals surface area contributed by atoms with Crippen LogP contribution in [0.3, 0.4) is 0 Å². The number of carboxylic acids is 2. The van der Waals surface area contributed by atoms with E-state index in [1.54, 1.807) is 34.6 Å². The maximum absolute atomic E-state index is 14.1. The quantitative estimate of drug-likeness (QED) is 0.0430. The molecule has 0 radical (unpaired) electrons. The Bertz CT molecular complexity index is 1470. The van der Waals surface area contributed by atoms with Gasteiger partial charge in [0.1, 0.15) is 30.2 Å². The van der Waals surface area contributed by atoms with Crippen molar-refractivity contribution in [1.82, 2.24) is 36.8 Å². The van der Waals surface area contributed by atoms with Crippen molar-refractivity contribution in [2.75, 3.05) is 13.1 Å². The van der Waals surface area contributed by atoms with Crippen molar-refractivity contribution in [1.29, 1.82) is 0 Å². The molecule has 1 saturated heterocycles. The SMILES string of the molecule is C=CCNC(=O)C(=O)[C@H](CCC)NC(=O)[C@@H]1CCCN1C(=O)[C@@H](NC(=O)[C@@H](NC(=O)[C@H](CCC(=O)O)NC(=O)[C@H](CCC(=O)O)NC(C)=O)C(C)C)C(C)CC. The Balaban J connectivity index is 3.28. The Kier molecular flexibility index (Phi) is 21.0. The number of Topliss-reactive ketones (excluding diaryl/α,β-unsaturated/α-hetero) is 1. The third-order valence-corrected chi connectivity index (χ3v) is 9.32. The number of carbonyl (C=O) groups excluding carboxylic acids is 8. The number of ketones is 1. The molecule has 0 aromatic carbocycles. The van der Waals surface area contributed by atoms with E-state index in [4.69, 9.17) is 5.11 Å². The van der Waals surface area contributed by atoms with Crippen LogP contribution >= 0.6 is 0 Å². The summed E-state index contributed by atoms with van der Waals surface area (Å²) < 4.78 is 0. The molecule has 1 fully saturated rings. The van der Waals surface area contributed by atoms with Gasteiger partial charge in [-0.1, -0.05) is 53.5 Å². The molecule has 1 heterocycles. The summed E-state index contributed by atoms with van der Waals surface area (Å²) >= 11 is 0. The fourth-order valence-electron chi connectivity index (χ4n) is 6.02. The maximum atomic E-state index is 14.1. The minimum atomic E-state index is -1.51. The highest BCUT2D eigenvalue weighted by Crippen LogP contribution is 2.22. The molecule has 1 aliphatic heterocycles. The van der Waals surface area contributed by atoms with Crippen LogP contribution in [-0.2, 0) is 47.9 Å². The highest BCUT2D eigenvalue weighted by Gasteiger charge is 2.41. The zero-order valence-electron chi connectivity index (χ0n) is 33.1. The fourth-order valence-corrected chi connectivity index (χ4v) is 6.02. The molecule has 19 heteroatoms. The molecule has 56 heavy (non-hydrogen) atoms.